The number of aromatic nitrogens is 2. The SMILES string of the molecule is COc1cc(C=Nn2c(-c3cccc(C)c3)nc3ccccc3c2=O)ccc1OC(=O)c1ccc(C)cc1. The van der Waals surface area contributed by atoms with Crippen LogP contribution in [-0.2, 0) is 0 Å². The van der Waals surface area contributed by atoms with Crippen LogP contribution in [0.2, 0.25) is 0 Å². The highest BCUT2D eigenvalue weighted by Crippen LogP contribution is 2.28. The van der Waals surface area contributed by atoms with Gasteiger partial charge in [0, 0.05) is 5.56 Å². The Bertz CT molecular complexity index is 1740. The van der Waals surface area contributed by atoms with Crippen molar-refractivity contribution in [3.63, 3.8) is 0 Å². The van der Waals surface area contributed by atoms with Gasteiger partial charge in [-0.25, -0.2) is 9.78 Å². The lowest BCUT2D eigenvalue weighted by atomic mass is 10.1. The predicted octanol–water partition coefficient (Wildman–Crippen LogP) is 5.79. The van der Waals surface area contributed by atoms with E-state index in [1.54, 1.807) is 48.7 Å². The summed E-state index contributed by atoms with van der Waals surface area (Å²) in [7, 11) is 1.49. The average Bonchev–Trinajstić information content (AvgIpc) is 2.93. The third-order valence-corrected chi connectivity index (χ3v) is 6.03. The number of nitrogens with zero attached hydrogens (tertiary/aromatic N) is 3. The van der Waals surface area contributed by atoms with Crippen LogP contribution in [0.15, 0.2) is 101 Å². The Kier molecular flexibility index (Phi) is 6.82. The summed E-state index contributed by atoms with van der Waals surface area (Å²) in [6.07, 6.45) is 1.55. The molecule has 0 aliphatic rings. The van der Waals surface area contributed by atoms with Crippen molar-refractivity contribution in [2.45, 2.75) is 13.8 Å². The molecule has 7 nitrogen and oxygen atoms in total. The normalized spacial score (nSPS) is 11.1. The maximum Gasteiger partial charge on any atom is 0.343 e. The fourth-order valence-electron chi connectivity index (χ4n) is 4.02. The molecule has 4 aromatic carbocycles. The van der Waals surface area contributed by atoms with E-state index in [0.29, 0.717) is 33.6 Å². The molecular formula is C31H25N3O4. The maximum absolute atomic E-state index is 13.4. The molecule has 0 bridgehead atoms. The Morgan fingerprint density at radius 2 is 1.66 bits per heavy atom. The molecule has 0 unspecified atom stereocenters. The molecular weight excluding hydrogens is 478 g/mol. The molecule has 0 amide bonds. The smallest absolute Gasteiger partial charge is 0.343 e. The van der Waals surface area contributed by atoms with Gasteiger partial charge < -0.3 is 9.47 Å². The molecule has 1 heterocycles. The predicted molar refractivity (Wildman–Crippen MR) is 148 cm³/mol. The van der Waals surface area contributed by atoms with E-state index in [1.807, 2.05) is 62.4 Å². The minimum atomic E-state index is -0.485. The molecule has 38 heavy (non-hydrogen) atoms. The Morgan fingerprint density at radius 3 is 2.42 bits per heavy atom. The molecule has 0 spiro atoms. The summed E-state index contributed by atoms with van der Waals surface area (Å²) >= 11 is 0. The van der Waals surface area contributed by atoms with Crippen molar-refractivity contribution in [3.05, 3.63) is 124 Å². The molecule has 0 saturated carbocycles. The summed E-state index contributed by atoms with van der Waals surface area (Å²) in [5, 5.41) is 4.98. The second kappa shape index (κ2) is 10.5. The number of fused-ring (bicyclic) bond motifs is 1. The molecule has 5 aromatic rings. The Hall–Kier alpha value is -5.04. The minimum absolute atomic E-state index is 0.278. The molecule has 1 aromatic heterocycles. The van der Waals surface area contributed by atoms with Crippen molar-refractivity contribution >= 4 is 23.1 Å². The third-order valence-electron chi connectivity index (χ3n) is 6.03. The fraction of sp³-hybridized carbons (Fsp3) is 0.0968. The van der Waals surface area contributed by atoms with Crippen molar-refractivity contribution < 1.29 is 14.3 Å². The van der Waals surface area contributed by atoms with Gasteiger partial charge in [-0.15, -0.1) is 0 Å². The first kappa shape index (κ1) is 24.6. The lowest BCUT2D eigenvalue weighted by Crippen LogP contribution is -2.20. The van der Waals surface area contributed by atoms with E-state index >= 15 is 0 Å². The highest BCUT2D eigenvalue weighted by Gasteiger charge is 2.14. The molecule has 0 fully saturated rings. The zero-order valence-corrected chi connectivity index (χ0v) is 21.2. The van der Waals surface area contributed by atoms with E-state index in [1.165, 1.54) is 11.8 Å². The number of aryl methyl sites for hydroxylation is 2. The summed E-state index contributed by atoms with van der Waals surface area (Å²) in [4.78, 5) is 30.7. The highest BCUT2D eigenvalue weighted by atomic mass is 16.6. The van der Waals surface area contributed by atoms with Crippen molar-refractivity contribution in [2.75, 3.05) is 7.11 Å². The Labute approximate surface area is 219 Å². The van der Waals surface area contributed by atoms with Crippen molar-refractivity contribution in [3.8, 4) is 22.9 Å². The van der Waals surface area contributed by atoms with Crippen molar-refractivity contribution in [1.29, 1.82) is 0 Å². The molecule has 188 valence electrons. The van der Waals surface area contributed by atoms with E-state index in [0.717, 1.165) is 16.7 Å². The number of carbonyl (C=O) groups is 1. The van der Waals surface area contributed by atoms with Crippen LogP contribution in [0.25, 0.3) is 22.3 Å². The van der Waals surface area contributed by atoms with E-state index in [-0.39, 0.29) is 11.3 Å². The van der Waals surface area contributed by atoms with Crippen LogP contribution in [0.1, 0.15) is 27.0 Å². The number of hydrogen-bond donors (Lipinski definition) is 0. The van der Waals surface area contributed by atoms with Crippen LogP contribution < -0.4 is 15.0 Å². The lowest BCUT2D eigenvalue weighted by molar-refractivity contribution is 0.0729. The number of esters is 1. The third kappa shape index (κ3) is 5.08. The van der Waals surface area contributed by atoms with Crippen LogP contribution in [-0.4, -0.2) is 29.0 Å². The second-order valence-electron chi connectivity index (χ2n) is 8.85. The molecule has 5 rings (SSSR count). The zero-order chi connectivity index (χ0) is 26.6. The van der Waals surface area contributed by atoms with Crippen LogP contribution >= 0.6 is 0 Å². The zero-order valence-electron chi connectivity index (χ0n) is 21.2. The van der Waals surface area contributed by atoms with Gasteiger partial charge in [0.05, 0.1) is 29.8 Å². The Balaban J connectivity index is 1.51. The van der Waals surface area contributed by atoms with Gasteiger partial charge in [0.25, 0.3) is 5.56 Å². The average molecular weight is 504 g/mol. The minimum Gasteiger partial charge on any atom is -0.493 e. The second-order valence-corrected chi connectivity index (χ2v) is 8.85. The van der Waals surface area contributed by atoms with Gasteiger partial charge in [0.2, 0.25) is 0 Å². The fourth-order valence-corrected chi connectivity index (χ4v) is 4.02. The Morgan fingerprint density at radius 1 is 0.868 bits per heavy atom. The molecule has 0 radical (unpaired) electrons. The molecule has 0 aliphatic carbocycles. The standard InChI is InChI=1S/C31H25N3O4/c1-20-11-14-23(15-12-20)31(36)38-27-16-13-22(18-28(27)37-3)19-32-34-29(24-8-6-7-21(2)17-24)33-26-10-5-4-9-25(26)30(34)35/h4-19H,1-3H3. The van der Waals surface area contributed by atoms with E-state index in [9.17, 15) is 9.59 Å². The van der Waals surface area contributed by atoms with Gasteiger partial charge in [-0.2, -0.15) is 9.78 Å². The molecule has 0 aliphatic heterocycles. The quantitative estimate of drug-likeness (QED) is 0.166. The summed E-state index contributed by atoms with van der Waals surface area (Å²) in [6.45, 7) is 3.93. The van der Waals surface area contributed by atoms with Crippen molar-refractivity contribution in [1.82, 2.24) is 9.66 Å². The van der Waals surface area contributed by atoms with Crippen LogP contribution in [0.3, 0.4) is 0 Å². The van der Waals surface area contributed by atoms with Gasteiger partial charge >= 0.3 is 5.97 Å². The summed E-state index contributed by atoms with van der Waals surface area (Å²) in [5.41, 5.74) is 4.28. The molecule has 0 saturated heterocycles. The number of para-hydroxylation sites is 1. The highest BCUT2D eigenvalue weighted by molar-refractivity contribution is 5.91. The monoisotopic (exact) mass is 503 g/mol. The molecule has 0 N–H and O–H groups in total. The topological polar surface area (TPSA) is 82.8 Å². The number of benzene rings is 4. The van der Waals surface area contributed by atoms with Gasteiger partial charge in [-0.3, -0.25) is 4.79 Å². The summed E-state index contributed by atoms with van der Waals surface area (Å²) in [5.74, 6) is 0.586. The maximum atomic E-state index is 13.4. The first-order chi connectivity index (χ1) is 18.4. The van der Waals surface area contributed by atoms with E-state index in [2.05, 4.69) is 5.10 Å². The van der Waals surface area contributed by atoms with Crippen LogP contribution in [0, 0.1) is 13.8 Å². The summed E-state index contributed by atoms with van der Waals surface area (Å²) < 4.78 is 12.3. The van der Waals surface area contributed by atoms with E-state index < -0.39 is 5.97 Å². The molecule has 0 atom stereocenters. The first-order valence-corrected chi connectivity index (χ1v) is 12.0. The molecule has 7 heteroatoms. The number of ether oxygens (including phenoxy) is 2. The van der Waals surface area contributed by atoms with E-state index in [4.69, 9.17) is 14.5 Å². The van der Waals surface area contributed by atoms with Crippen LogP contribution in [0.4, 0.5) is 0 Å². The van der Waals surface area contributed by atoms with Crippen molar-refractivity contribution in [2.24, 2.45) is 5.10 Å². The van der Waals surface area contributed by atoms with Gasteiger partial charge in [0.15, 0.2) is 17.3 Å². The number of hydrogen-bond acceptors (Lipinski definition) is 6. The van der Waals surface area contributed by atoms with Gasteiger partial charge in [-0.05, 0) is 67.9 Å². The first-order valence-electron chi connectivity index (χ1n) is 12.0. The van der Waals surface area contributed by atoms with Gasteiger partial charge in [0.1, 0.15) is 0 Å². The van der Waals surface area contributed by atoms with Gasteiger partial charge in [-0.1, -0.05) is 53.6 Å². The largest absolute Gasteiger partial charge is 0.493 e. The summed E-state index contributed by atoms with van der Waals surface area (Å²) in [6, 6.07) is 27.1. The van der Waals surface area contributed by atoms with Crippen LogP contribution in [0.5, 0.6) is 11.5 Å². The number of rotatable bonds is 6. The number of methoxy groups -OCH3 is 1. The number of carbonyl (C=O) groups excluding carboxylic acids is 1. The lowest BCUT2D eigenvalue weighted by Gasteiger charge is -2.11.